The summed E-state index contributed by atoms with van der Waals surface area (Å²) in [7, 11) is 1.60. The molecule has 0 atom stereocenters. The molecule has 202 valence electrons. The Morgan fingerprint density at radius 1 is 0.875 bits per heavy atom. The Balaban J connectivity index is 1.49. The number of amides is 1. The minimum absolute atomic E-state index is 0.0375. The van der Waals surface area contributed by atoms with Gasteiger partial charge in [-0.25, -0.2) is 0 Å². The van der Waals surface area contributed by atoms with E-state index in [9.17, 15) is 10.1 Å². The number of carbonyl (C=O) groups excluding carboxylic acids is 1. The second kappa shape index (κ2) is 13.5. The second-order valence-electron chi connectivity index (χ2n) is 9.17. The Kier molecular flexibility index (Phi) is 9.61. The van der Waals surface area contributed by atoms with Crippen LogP contribution in [0.2, 0.25) is 0 Å². The van der Waals surface area contributed by atoms with E-state index in [0.717, 1.165) is 26.7 Å². The van der Waals surface area contributed by atoms with E-state index in [1.54, 1.807) is 19.2 Å². The van der Waals surface area contributed by atoms with E-state index in [1.165, 1.54) is 6.08 Å². The van der Waals surface area contributed by atoms with Gasteiger partial charge in [-0.1, -0.05) is 70.0 Å². The van der Waals surface area contributed by atoms with Gasteiger partial charge >= 0.3 is 0 Å². The Morgan fingerprint density at radius 3 is 2.33 bits per heavy atom. The van der Waals surface area contributed by atoms with Crippen LogP contribution in [0.4, 0.5) is 5.69 Å². The van der Waals surface area contributed by atoms with Gasteiger partial charge < -0.3 is 19.5 Å². The second-order valence-corrected chi connectivity index (χ2v) is 10.1. The lowest BCUT2D eigenvalue weighted by Gasteiger charge is -2.14. The van der Waals surface area contributed by atoms with Gasteiger partial charge in [-0.05, 0) is 73.0 Å². The normalized spacial score (nSPS) is 10.9. The van der Waals surface area contributed by atoms with Gasteiger partial charge in [-0.3, -0.25) is 4.79 Å². The number of carbonyl (C=O) groups is 1. The molecule has 0 spiro atoms. The third-order valence-electron chi connectivity index (χ3n) is 6.13. The van der Waals surface area contributed by atoms with Crippen LogP contribution in [0.5, 0.6) is 17.2 Å². The van der Waals surface area contributed by atoms with E-state index in [0.29, 0.717) is 35.1 Å². The summed E-state index contributed by atoms with van der Waals surface area (Å²) in [5, 5.41) is 12.6. The first-order chi connectivity index (χ1) is 19.4. The maximum absolute atomic E-state index is 12.9. The highest BCUT2D eigenvalue weighted by Crippen LogP contribution is 2.31. The monoisotopic (exact) mass is 596 g/mol. The summed E-state index contributed by atoms with van der Waals surface area (Å²) in [6.45, 7) is 4.57. The quantitative estimate of drug-likeness (QED) is 0.149. The molecule has 40 heavy (non-hydrogen) atoms. The van der Waals surface area contributed by atoms with E-state index in [2.05, 4.69) is 21.2 Å². The summed E-state index contributed by atoms with van der Waals surface area (Å²) >= 11 is 3.47. The number of benzene rings is 4. The summed E-state index contributed by atoms with van der Waals surface area (Å²) in [6.07, 6.45) is 1.53. The van der Waals surface area contributed by atoms with Crippen molar-refractivity contribution in [2.24, 2.45) is 0 Å². The zero-order valence-corrected chi connectivity index (χ0v) is 24.1. The molecule has 0 bridgehead atoms. The maximum Gasteiger partial charge on any atom is 0.266 e. The average Bonchev–Trinajstić information content (AvgIpc) is 2.96. The molecule has 0 unspecified atom stereocenters. The van der Waals surface area contributed by atoms with Crippen molar-refractivity contribution in [3.63, 3.8) is 0 Å². The van der Waals surface area contributed by atoms with E-state index < -0.39 is 5.91 Å². The van der Waals surface area contributed by atoms with Gasteiger partial charge in [-0.15, -0.1) is 0 Å². The number of nitrogens with one attached hydrogen (secondary N) is 1. The van der Waals surface area contributed by atoms with Crippen LogP contribution < -0.4 is 19.5 Å². The Morgan fingerprint density at radius 2 is 1.60 bits per heavy atom. The summed E-state index contributed by atoms with van der Waals surface area (Å²) in [5.74, 6) is 1.27. The summed E-state index contributed by atoms with van der Waals surface area (Å²) in [6, 6.07) is 28.7. The average molecular weight is 598 g/mol. The van der Waals surface area contributed by atoms with E-state index >= 15 is 0 Å². The molecule has 0 aliphatic heterocycles. The molecule has 1 amide bonds. The van der Waals surface area contributed by atoms with Crippen LogP contribution in [-0.4, -0.2) is 13.0 Å². The summed E-state index contributed by atoms with van der Waals surface area (Å²) in [4.78, 5) is 12.9. The molecule has 0 saturated carbocycles. The zero-order valence-electron chi connectivity index (χ0n) is 22.5. The van der Waals surface area contributed by atoms with E-state index in [1.807, 2.05) is 92.7 Å². The van der Waals surface area contributed by atoms with Gasteiger partial charge in [-0.2, -0.15) is 5.26 Å². The summed E-state index contributed by atoms with van der Waals surface area (Å²) in [5.41, 5.74) is 5.16. The van der Waals surface area contributed by atoms with Crippen molar-refractivity contribution < 1.29 is 19.0 Å². The minimum Gasteiger partial charge on any atom is -0.493 e. The predicted molar refractivity (Wildman–Crippen MR) is 160 cm³/mol. The molecule has 0 radical (unpaired) electrons. The molecule has 0 aromatic heterocycles. The zero-order chi connectivity index (χ0) is 28.5. The molecule has 0 aliphatic rings. The number of nitrogens with zero attached hydrogens (tertiary/aromatic N) is 1. The van der Waals surface area contributed by atoms with Crippen molar-refractivity contribution in [3.8, 4) is 23.3 Å². The van der Waals surface area contributed by atoms with Crippen LogP contribution in [0.1, 0.15) is 27.8 Å². The fourth-order valence-corrected chi connectivity index (χ4v) is 4.41. The van der Waals surface area contributed by atoms with Crippen LogP contribution in [-0.2, 0) is 18.0 Å². The highest BCUT2D eigenvalue weighted by molar-refractivity contribution is 9.10. The standard InChI is InChI=1S/C33H29BrN2O4/c1-22-9-12-29(23(2)15-22)36-33(37)27(19-35)17-26-18-28(34)11-14-30(26)39-21-25-10-13-31(32(16-25)38-3)40-20-24-7-5-4-6-8-24/h4-18H,20-21H2,1-3H3,(H,36,37)/b27-17+. The molecule has 0 saturated heterocycles. The maximum atomic E-state index is 12.9. The highest BCUT2D eigenvalue weighted by atomic mass is 79.9. The fraction of sp³-hybridized carbons (Fsp3) is 0.152. The van der Waals surface area contributed by atoms with Crippen LogP contribution in [0.15, 0.2) is 95.0 Å². The molecule has 0 fully saturated rings. The molecule has 0 heterocycles. The number of hydrogen-bond acceptors (Lipinski definition) is 5. The van der Waals surface area contributed by atoms with Crippen molar-refractivity contribution in [2.75, 3.05) is 12.4 Å². The van der Waals surface area contributed by atoms with Gasteiger partial charge in [0, 0.05) is 15.7 Å². The molecule has 4 aromatic rings. The molecule has 0 aliphatic carbocycles. The van der Waals surface area contributed by atoms with Crippen LogP contribution in [0.3, 0.4) is 0 Å². The molecule has 4 rings (SSSR count). The lowest BCUT2D eigenvalue weighted by molar-refractivity contribution is -0.112. The minimum atomic E-state index is -0.490. The molecule has 7 heteroatoms. The van der Waals surface area contributed by atoms with Gasteiger partial charge in [0.05, 0.1) is 7.11 Å². The molecule has 6 nitrogen and oxygen atoms in total. The Bertz CT molecular complexity index is 1580. The van der Waals surface area contributed by atoms with Gasteiger partial charge in [0.2, 0.25) is 0 Å². The highest BCUT2D eigenvalue weighted by Gasteiger charge is 2.14. The molecule has 4 aromatic carbocycles. The van der Waals surface area contributed by atoms with Crippen LogP contribution >= 0.6 is 15.9 Å². The van der Waals surface area contributed by atoms with Gasteiger partial charge in [0.25, 0.3) is 5.91 Å². The van der Waals surface area contributed by atoms with Crippen molar-refractivity contribution in [2.45, 2.75) is 27.1 Å². The Labute approximate surface area is 243 Å². The number of methoxy groups -OCH3 is 1. The first-order valence-electron chi connectivity index (χ1n) is 12.6. The van der Waals surface area contributed by atoms with Crippen molar-refractivity contribution in [3.05, 3.63) is 123 Å². The Hall–Kier alpha value is -4.54. The molecular weight excluding hydrogens is 568 g/mol. The fourth-order valence-electron chi connectivity index (χ4n) is 4.03. The first kappa shape index (κ1) is 28.5. The summed E-state index contributed by atoms with van der Waals surface area (Å²) < 4.78 is 18.4. The van der Waals surface area contributed by atoms with Crippen molar-refractivity contribution in [1.29, 1.82) is 5.26 Å². The van der Waals surface area contributed by atoms with Gasteiger partial charge in [0.15, 0.2) is 11.5 Å². The van der Waals surface area contributed by atoms with Crippen LogP contribution in [0, 0.1) is 25.2 Å². The molecule has 1 N–H and O–H groups in total. The lowest BCUT2D eigenvalue weighted by atomic mass is 10.1. The molecular formula is C33H29BrN2O4. The third kappa shape index (κ3) is 7.52. The number of nitriles is 1. The largest absolute Gasteiger partial charge is 0.493 e. The number of aryl methyl sites for hydroxylation is 2. The third-order valence-corrected chi connectivity index (χ3v) is 6.62. The lowest BCUT2D eigenvalue weighted by Crippen LogP contribution is -2.14. The smallest absolute Gasteiger partial charge is 0.266 e. The topological polar surface area (TPSA) is 80.6 Å². The number of anilines is 1. The van der Waals surface area contributed by atoms with E-state index in [4.69, 9.17) is 14.2 Å². The van der Waals surface area contributed by atoms with Gasteiger partial charge in [0.1, 0.15) is 30.6 Å². The SMILES string of the molecule is COc1cc(COc2ccc(Br)cc2/C=C(\C#N)C(=O)Nc2ccc(C)cc2C)ccc1OCc1ccccc1. The van der Waals surface area contributed by atoms with Crippen LogP contribution in [0.25, 0.3) is 6.08 Å². The van der Waals surface area contributed by atoms with Crippen molar-refractivity contribution >= 4 is 33.6 Å². The number of hydrogen-bond donors (Lipinski definition) is 1. The number of rotatable bonds is 10. The predicted octanol–water partition coefficient (Wildman–Crippen LogP) is 7.78. The number of ether oxygens (including phenoxy) is 3. The first-order valence-corrected chi connectivity index (χ1v) is 13.4. The van der Waals surface area contributed by atoms with E-state index in [-0.39, 0.29) is 12.2 Å². The van der Waals surface area contributed by atoms with Crippen molar-refractivity contribution in [1.82, 2.24) is 0 Å². The number of halogens is 1.